The molecule has 6 nitrogen and oxygen atoms in total. The number of ether oxygens (including phenoxy) is 2. The van der Waals surface area contributed by atoms with E-state index in [1.54, 1.807) is 38.1 Å². The van der Waals surface area contributed by atoms with E-state index < -0.39 is 20.0 Å². The summed E-state index contributed by atoms with van der Waals surface area (Å²) in [4.78, 5) is 11.6. The van der Waals surface area contributed by atoms with E-state index in [2.05, 4.69) is 0 Å². The average molecular weight is 342 g/mol. The molecule has 0 radical (unpaired) electrons. The topological polar surface area (TPSA) is 87.9 Å². The summed E-state index contributed by atoms with van der Waals surface area (Å²) >= 11 is 0. The van der Waals surface area contributed by atoms with Gasteiger partial charge in [-0.3, -0.25) is 9.32 Å². The van der Waals surface area contributed by atoms with Gasteiger partial charge < -0.3 is 15.2 Å². The summed E-state index contributed by atoms with van der Waals surface area (Å²) in [5.74, 6) is 0.133. The maximum Gasteiger partial charge on any atom is 0.585 e. The molecule has 1 unspecified atom stereocenters. The van der Waals surface area contributed by atoms with Gasteiger partial charge in [0, 0.05) is 0 Å². The van der Waals surface area contributed by atoms with Crippen LogP contribution in [0.2, 0.25) is 0 Å². The van der Waals surface area contributed by atoms with Gasteiger partial charge in [-0.1, -0.05) is 18.2 Å². The largest absolute Gasteiger partial charge is 0.585 e. The molecule has 0 spiro atoms. The molecule has 2 N–H and O–H groups in total. The fraction of sp³-hybridized carbons (Fsp3) is 0.562. The highest BCUT2D eigenvalue weighted by molar-refractivity contribution is 7.39. The van der Waals surface area contributed by atoms with E-state index in [1.165, 1.54) is 0 Å². The molecule has 0 aliphatic rings. The quantitative estimate of drug-likeness (QED) is 0.519. The number of rotatable bonds is 10. The predicted octanol–water partition coefficient (Wildman–Crippen LogP) is 3.23. The number of esters is 1. The summed E-state index contributed by atoms with van der Waals surface area (Å²) in [6, 6.07) is 8.26. The van der Waals surface area contributed by atoms with Gasteiger partial charge in [0.1, 0.15) is 6.04 Å². The maximum absolute atomic E-state index is 11.8. The van der Waals surface area contributed by atoms with Crippen molar-refractivity contribution < 1.29 is 23.4 Å². The van der Waals surface area contributed by atoms with Gasteiger partial charge in [0.25, 0.3) is 6.35 Å². The zero-order valence-corrected chi connectivity index (χ0v) is 14.7. The van der Waals surface area contributed by atoms with Crippen LogP contribution in [0.4, 0.5) is 0 Å². The molecule has 0 heterocycles. The minimum absolute atomic E-state index is 0.00290. The summed E-state index contributed by atoms with van der Waals surface area (Å²) in [5, 5.41) is 0. The van der Waals surface area contributed by atoms with Crippen molar-refractivity contribution in [2.75, 3.05) is 6.35 Å². The summed E-state index contributed by atoms with van der Waals surface area (Å²) in [6.45, 7) is 5.39. The Hall–Kier alpha value is -1.49. The van der Waals surface area contributed by atoms with E-state index in [9.17, 15) is 9.36 Å². The molecule has 128 valence electrons. The number of nitrogens with two attached hydrogens (primary N) is 1. The van der Waals surface area contributed by atoms with Crippen molar-refractivity contribution >= 4 is 14.0 Å². The third-order valence-electron chi connectivity index (χ3n) is 2.95. The number of hydrogen-bond donors (Lipinski definition) is 1. The van der Waals surface area contributed by atoms with Crippen LogP contribution in [0.25, 0.3) is 0 Å². The van der Waals surface area contributed by atoms with Crippen molar-refractivity contribution in [3.8, 4) is 5.75 Å². The van der Waals surface area contributed by atoms with Crippen molar-refractivity contribution in [2.45, 2.75) is 51.9 Å². The van der Waals surface area contributed by atoms with Crippen LogP contribution in [0.1, 0.15) is 33.6 Å². The minimum atomic E-state index is -1.93. The first-order chi connectivity index (χ1) is 10.9. The lowest BCUT2D eigenvalue weighted by molar-refractivity contribution is -0.149. The highest BCUT2D eigenvalue weighted by atomic mass is 31.1. The molecule has 0 aliphatic carbocycles. The number of carbonyl (C=O) groups excluding carboxylic acids is 1. The van der Waals surface area contributed by atoms with Gasteiger partial charge in [-0.2, -0.15) is 0 Å². The predicted molar refractivity (Wildman–Crippen MR) is 88.5 cm³/mol. The molecule has 1 rings (SSSR count). The summed E-state index contributed by atoms with van der Waals surface area (Å²) in [5.41, 5.74) is 5.76. The number of hydrogen-bond acceptors (Lipinski definition) is 6. The molecule has 1 aromatic rings. The van der Waals surface area contributed by atoms with E-state index in [0.717, 1.165) is 0 Å². The Kier molecular flexibility index (Phi) is 8.77. The Labute approximate surface area is 138 Å². The van der Waals surface area contributed by atoms with Crippen LogP contribution in [0.15, 0.2) is 30.3 Å². The number of para-hydroxylation sites is 1. The van der Waals surface area contributed by atoms with Gasteiger partial charge in [-0.05, 0) is 50.3 Å². The Morgan fingerprint density at radius 3 is 2.43 bits per heavy atom. The first-order valence-corrected chi connectivity index (χ1v) is 9.00. The number of benzene rings is 1. The second-order valence-electron chi connectivity index (χ2n) is 5.51. The molecule has 0 amide bonds. The normalized spacial score (nSPS) is 14.2. The lowest BCUT2D eigenvalue weighted by Gasteiger charge is -2.15. The highest BCUT2D eigenvalue weighted by Crippen LogP contribution is 2.27. The smallest absolute Gasteiger partial charge is 0.462 e. The minimum Gasteiger partial charge on any atom is -0.462 e. The Balaban J connectivity index is 2.22. The molecular formula is C16H25NO5P+. The summed E-state index contributed by atoms with van der Waals surface area (Å²) in [7, 11) is -1.93. The molecule has 7 heteroatoms. The molecule has 1 aromatic carbocycles. The van der Waals surface area contributed by atoms with Crippen LogP contribution in [0, 0.1) is 0 Å². The van der Waals surface area contributed by atoms with Crippen LogP contribution in [-0.2, 0) is 18.8 Å². The van der Waals surface area contributed by atoms with Crippen LogP contribution in [0.5, 0.6) is 5.75 Å². The molecule has 0 fully saturated rings. The molecule has 23 heavy (non-hydrogen) atoms. The Morgan fingerprint density at radius 1 is 1.17 bits per heavy atom. The maximum atomic E-state index is 11.8. The van der Waals surface area contributed by atoms with Gasteiger partial charge in [-0.25, -0.2) is 0 Å². The third kappa shape index (κ3) is 8.65. The fourth-order valence-corrected chi connectivity index (χ4v) is 2.53. The zero-order chi connectivity index (χ0) is 17.2. The second kappa shape index (κ2) is 10.3. The lowest BCUT2D eigenvalue weighted by Crippen LogP contribution is -2.34. The third-order valence-corrected chi connectivity index (χ3v) is 3.73. The molecule has 0 aromatic heterocycles. The molecular weight excluding hydrogens is 317 g/mol. The molecule has 0 bridgehead atoms. The molecule has 3 atom stereocenters. The lowest BCUT2D eigenvalue weighted by atomic mass is 10.1. The van der Waals surface area contributed by atoms with Crippen molar-refractivity contribution in [3.05, 3.63) is 30.3 Å². The molecule has 0 aliphatic heterocycles. The van der Waals surface area contributed by atoms with Crippen LogP contribution in [-0.4, -0.2) is 30.6 Å². The van der Waals surface area contributed by atoms with Crippen molar-refractivity contribution in [2.24, 2.45) is 5.73 Å². The van der Waals surface area contributed by atoms with E-state index in [0.29, 0.717) is 18.6 Å². The van der Waals surface area contributed by atoms with Crippen LogP contribution >= 0.6 is 8.03 Å². The monoisotopic (exact) mass is 342 g/mol. The summed E-state index contributed by atoms with van der Waals surface area (Å²) < 4.78 is 27.6. The summed E-state index contributed by atoms with van der Waals surface area (Å²) in [6.07, 6.45) is 0.663. The SMILES string of the molecule is CC(C)OC(=O)[C@@H](N)CC[C@@H](C)OC[P+](=O)Oc1ccccc1. The van der Waals surface area contributed by atoms with Crippen molar-refractivity contribution in [1.82, 2.24) is 0 Å². The highest BCUT2D eigenvalue weighted by Gasteiger charge is 2.22. The van der Waals surface area contributed by atoms with Crippen molar-refractivity contribution in [1.29, 1.82) is 0 Å². The van der Waals surface area contributed by atoms with Crippen molar-refractivity contribution in [3.63, 3.8) is 0 Å². The van der Waals surface area contributed by atoms with Crippen LogP contribution < -0.4 is 10.3 Å². The van der Waals surface area contributed by atoms with Gasteiger partial charge in [0.2, 0.25) is 0 Å². The number of carbonyl (C=O) groups is 1. The Bertz CT molecular complexity index is 495. The standard InChI is InChI=1S/C16H25NO5P/c1-12(2)21-16(18)15(17)10-9-13(3)20-11-23(19)22-14-7-5-4-6-8-14/h4-8,12-13,15H,9-11,17H2,1-3H3/q+1/t13-,15+/m1/s1. The van der Waals surface area contributed by atoms with Crippen LogP contribution in [0.3, 0.4) is 0 Å². The van der Waals surface area contributed by atoms with Gasteiger partial charge >= 0.3 is 14.0 Å². The second-order valence-corrected chi connectivity index (χ2v) is 6.62. The molecule has 0 saturated carbocycles. The first kappa shape index (κ1) is 19.6. The van der Waals surface area contributed by atoms with E-state index in [1.807, 2.05) is 13.0 Å². The average Bonchev–Trinajstić information content (AvgIpc) is 2.50. The van der Waals surface area contributed by atoms with E-state index in [4.69, 9.17) is 19.7 Å². The van der Waals surface area contributed by atoms with Gasteiger partial charge in [-0.15, -0.1) is 0 Å². The van der Waals surface area contributed by atoms with Gasteiger partial charge in [0.05, 0.1) is 12.2 Å². The van der Waals surface area contributed by atoms with E-state index >= 15 is 0 Å². The Morgan fingerprint density at radius 2 is 1.83 bits per heavy atom. The van der Waals surface area contributed by atoms with Gasteiger partial charge in [0.15, 0.2) is 5.75 Å². The molecule has 0 saturated heterocycles. The first-order valence-electron chi connectivity index (χ1n) is 7.64. The van der Waals surface area contributed by atoms with E-state index in [-0.39, 0.29) is 18.6 Å². The fourth-order valence-electron chi connectivity index (χ4n) is 1.75. The zero-order valence-electron chi connectivity index (χ0n) is 13.8.